The minimum atomic E-state index is 0. The van der Waals surface area contributed by atoms with Crippen molar-refractivity contribution >= 4 is 44.1 Å². The molecule has 0 spiro atoms. The van der Waals surface area contributed by atoms with Gasteiger partial charge in [0, 0.05) is 79.4 Å². The summed E-state index contributed by atoms with van der Waals surface area (Å²) in [6.07, 6.45) is 0. The third kappa shape index (κ3) is 3.70. The van der Waals surface area contributed by atoms with Crippen LogP contribution in [0.3, 0.4) is 0 Å². The average Bonchev–Trinajstić information content (AvgIpc) is 3.73. The molecule has 0 atom stereocenters. The standard InChI is InChI=1S/C32H18N8.La/c1-2-10-18-17(9-1)25-33-26(18)38-28-21-13-5-6-14-22(21)30(35-28)40-32-24-16-8-7-15-23(24)31(36-32)39-29-20-12-4-3-11-19(20)27(34-29)37-25;/h1-16H,(H2,33,34,35,36,37,38,39,40);. The Morgan fingerprint density at radius 3 is 0.829 bits per heavy atom. The molecule has 2 N–H and O–H groups in total. The quantitative estimate of drug-likeness (QED) is 0.185. The Morgan fingerprint density at radius 1 is 0.317 bits per heavy atom. The van der Waals surface area contributed by atoms with Gasteiger partial charge in [-0.1, -0.05) is 97.1 Å². The molecule has 0 amide bonds. The number of aromatic nitrogens is 8. The number of hydrogen-bond acceptors (Lipinski definition) is 6. The van der Waals surface area contributed by atoms with Crippen molar-refractivity contribution < 1.29 is 35.6 Å². The molecule has 0 saturated heterocycles. The molecule has 4 aromatic carbocycles. The predicted octanol–water partition coefficient (Wildman–Crippen LogP) is 6.87. The molecule has 9 heteroatoms. The minimum Gasteiger partial charge on any atom is -0.324 e. The molecule has 41 heavy (non-hydrogen) atoms. The maximum Gasteiger partial charge on any atom is 0.164 e. The van der Waals surface area contributed by atoms with E-state index in [0.717, 1.165) is 43.8 Å². The molecule has 8 bridgehead atoms. The molecule has 189 valence electrons. The second-order valence-electron chi connectivity index (χ2n) is 9.79. The van der Waals surface area contributed by atoms with Crippen molar-refractivity contribution in [2.45, 2.75) is 0 Å². The first-order valence-corrected chi connectivity index (χ1v) is 13.0. The molecule has 1 radical (unpaired) electrons. The van der Waals surface area contributed by atoms with Crippen LogP contribution in [0.25, 0.3) is 89.7 Å². The van der Waals surface area contributed by atoms with E-state index in [1.165, 1.54) is 0 Å². The van der Waals surface area contributed by atoms with Crippen LogP contribution in [0.1, 0.15) is 0 Å². The second-order valence-corrected chi connectivity index (χ2v) is 9.79. The van der Waals surface area contributed by atoms with Gasteiger partial charge in [0.05, 0.1) is 0 Å². The van der Waals surface area contributed by atoms with Crippen LogP contribution < -0.4 is 0 Å². The summed E-state index contributed by atoms with van der Waals surface area (Å²) in [6, 6.07) is 32.2. The van der Waals surface area contributed by atoms with E-state index in [-0.39, 0.29) is 35.6 Å². The second kappa shape index (κ2) is 9.24. The van der Waals surface area contributed by atoms with Gasteiger partial charge in [0.25, 0.3) is 0 Å². The summed E-state index contributed by atoms with van der Waals surface area (Å²) < 4.78 is 0. The van der Waals surface area contributed by atoms with E-state index < -0.39 is 0 Å². The van der Waals surface area contributed by atoms with Gasteiger partial charge in [0.2, 0.25) is 0 Å². The predicted molar refractivity (Wildman–Crippen MR) is 156 cm³/mol. The topological polar surface area (TPSA) is 109 Å². The number of H-pyrrole nitrogens is 2. The smallest absolute Gasteiger partial charge is 0.164 e. The zero-order valence-corrected chi connectivity index (χ0v) is 25.1. The van der Waals surface area contributed by atoms with Crippen molar-refractivity contribution in [3.63, 3.8) is 0 Å². The molecule has 7 aromatic rings. The Labute approximate surface area is 260 Å². The van der Waals surface area contributed by atoms with Gasteiger partial charge < -0.3 is 9.97 Å². The van der Waals surface area contributed by atoms with Gasteiger partial charge in [-0.15, -0.1) is 0 Å². The molecule has 2 aliphatic rings. The Balaban J connectivity index is 0.00000256. The number of nitrogens with zero attached hydrogens (tertiary/aromatic N) is 6. The Morgan fingerprint density at radius 2 is 0.561 bits per heavy atom. The van der Waals surface area contributed by atoms with E-state index in [0.29, 0.717) is 45.9 Å². The summed E-state index contributed by atoms with van der Waals surface area (Å²) in [5, 5.41) is 3.82. The van der Waals surface area contributed by atoms with Crippen LogP contribution in [0.5, 0.6) is 0 Å². The number of benzene rings is 4. The number of hydrogen-bond donors (Lipinski definition) is 2. The van der Waals surface area contributed by atoms with E-state index in [4.69, 9.17) is 29.9 Å². The molecule has 0 saturated carbocycles. The molecular formula is C32H18LaN8. The summed E-state index contributed by atoms with van der Waals surface area (Å²) in [5.74, 6) is 2.39. The molecule has 8 nitrogen and oxygen atoms in total. The van der Waals surface area contributed by atoms with Gasteiger partial charge in [0.15, 0.2) is 23.3 Å². The Bertz CT molecular complexity index is 2030. The number of fused-ring (bicyclic) bond motifs is 20. The average molecular weight is 653 g/mol. The van der Waals surface area contributed by atoms with Crippen LogP contribution in [0.2, 0.25) is 0 Å². The normalized spacial score (nSPS) is 11.7. The fraction of sp³-hybridized carbons (Fsp3) is 0. The fourth-order valence-electron chi connectivity index (χ4n) is 5.59. The van der Waals surface area contributed by atoms with Crippen LogP contribution in [0.4, 0.5) is 0 Å². The van der Waals surface area contributed by atoms with Crippen molar-refractivity contribution in [1.82, 2.24) is 39.9 Å². The first kappa shape index (κ1) is 24.2. The molecular weight excluding hydrogens is 635 g/mol. The van der Waals surface area contributed by atoms with Crippen LogP contribution >= 0.6 is 0 Å². The molecule has 0 fully saturated rings. The van der Waals surface area contributed by atoms with E-state index in [1.807, 2.05) is 97.1 Å². The fourth-order valence-corrected chi connectivity index (χ4v) is 5.59. The zero-order chi connectivity index (χ0) is 26.2. The van der Waals surface area contributed by atoms with Gasteiger partial charge in [-0.2, -0.15) is 0 Å². The summed E-state index contributed by atoms with van der Waals surface area (Å²) in [4.78, 5) is 36.8. The third-order valence-corrected chi connectivity index (χ3v) is 7.46. The molecule has 9 rings (SSSR count). The van der Waals surface area contributed by atoms with E-state index in [2.05, 4.69) is 9.97 Å². The SMILES string of the molecule is [La].c1ccc2c(c1)-c1nc-2nc2[nH]c(nc3nc(nc4[nH]c(n1)c1ccccc41)-c1ccccc1-3)c1ccccc21. The molecule has 2 aliphatic heterocycles. The van der Waals surface area contributed by atoms with Gasteiger partial charge in [-0.25, -0.2) is 29.9 Å². The monoisotopic (exact) mass is 653 g/mol. The first-order chi connectivity index (χ1) is 19.8. The van der Waals surface area contributed by atoms with E-state index in [1.54, 1.807) is 0 Å². The van der Waals surface area contributed by atoms with Crippen molar-refractivity contribution in [3.05, 3.63) is 97.1 Å². The number of aromatic amines is 2. The van der Waals surface area contributed by atoms with E-state index >= 15 is 0 Å². The third-order valence-electron chi connectivity index (χ3n) is 7.46. The summed E-state index contributed by atoms with van der Waals surface area (Å²) in [6.45, 7) is 0. The number of nitrogens with one attached hydrogen (secondary N) is 2. The van der Waals surface area contributed by atoms with Crippen molar-refractivity contribution in [2.24, 2.45) is 0 Å². The van der Waals surface area contributed by atoms with Crippen LogP contribution in [-0.4, -0.2) is 39.9 Å². The number of rotatable bonds is 0. The van der Waals surface area contributed by atoms with E-state index in [9.17, 15) is 0 Å². The van der Waals surface area contributed by atoms with Crippen molar-refractivity contribution in [1.29, 1.82) is 0 Å². The maximum absolute atomic E-state index is 5.02. The van der Waals surface area contributed by atoms with Gasteiger partial charge in [-0.3, -0.25) is 0 Å². The largest absolute Gasteiger partial charge is 0.324 e. The van der Waals surface area contributed by atoms with Crippen LogP contribution in [0.15, 0.2) is 97.1 Å². The molecule has 0 unspecified atom stereocenters. The maximum atomic E-state index is 5.02. The van der Waals surface area contributed by atoms with Crippen molar-refractivity contribution in [3.8, 4) is 45.6 Å². The zero-order valence-electron chi connectivity index (χ0n) is 21.5. The molecule has 3 aromatic heterocycles. The Hall–Kier alpha value is -4.57. The Kier molecular flexibility index (Phi) is 5.46. The molecule has 0 aliphatic carbocycles. The summed E-state index contributed by atoms with van der Waals surface area (Å²) >= 11 is 0. The van der Waals surface area contributed by atoms with Crippen molar-refractivity contribution in [2.75, 3.05) is 0 Å². The van der Waals surface area contributed by atoms with Crippen LogP contribution in [-0.2, 0) is 0 Å². The van der Waals surface area contributed by atoms with Gasteiger partial charge in [0.1, 0.15) is 22.6 Å². The first-order valence-electron chi connectivity index (χ1n) is 13.0. The molecule has 5 heterocycles. The summed E-state index contributed by atoms with van der Waals surface area (Å²) in [5.41, 5.74) is 6.45. The van der Waals surface area contributed by atoms with Crippen LogP contribution in [0, 0.1) is 35.6 Å². The van der Waals surface area contributed by atoms with Gasteiger partial charge >= 0.3 is 0 Å². The minimum absolute atomic E-state index is 0. The van der Waals surface area contributed by atoms with Gasteiger partial charge in [-0.05, 0) is 0 Å². The summed E-state index contributed by atoms with van der Waals surface area (Å²) in [7, 11) is 0.